The highest BCUT2D eigenvalue weighted by atomic mass is 16.6. The predicted octanol–water partition coefficient (Wildman–Crippen LogP) is 8.35. The van der Waals surface area contributed by atoms with Gasteiger partial charge in [0.25, 0.3) is 0 Å². The molecule has 0 spiro atoms. The first-order valence-electron chi connectivity index (χ1n) is 16.7. The van der Waals surface area contributed by atoms with Gasteiger partial charge in [0.05, 0.1) is 5.41 Å². The van der Waals surface area contributed by atoms with Crippen molar-refractivity contribution >= 4 is 22.9 Å². The summed E-state index contributed by atoms with van der Waals surface area (Å²) >= 11 is 0. The Labute approximate surface area is 274 Å². The number of allylic oxidation sites excluding steroid dienone is 1. The SMILES string of the molecule is CO.Cc1ccc(C#Cc2ccc3oc(CC4(C(=O)OCC5C/C(=C\CC(CC(C)C)CC(C)C)C(=O)O5)CCC4)cc3c2)cc1. The molecule has 0 radical (unpaired) electrons. The predicted molar refractivity (Wildman–Crippen MR) is 182 cm³/mol. The number of aliphatic hydroxyl groups is 1. The molecule has 2 heterocycles. The number of carbonyl (C=O) groups is 2. The molecule has 1 unspecified atom stereocenters. The summed E-state index contributed by atoms with van der Waals surface area (Å²) in [6.07, 6.45) is 8.31. The molecule has 246 valence electrons. The zero-order valence-electron chi connectivity index (χ0n) is 28.4. The summed E-state index contributed by atoms with van der Waals surface area (Å²) < 4.78 is 17.5. The molecule has 1 atom stereocenters. The molecule has 1 saturated carbocycles. The van der Waals surface area contributed by atoms with Crippen LogP contribution < -0.4 is 0 Å². The molecule has 6 nitrogen and oxygen atoms in total. The van der Waals surface area contributed by atoms with Crippen LogP contribution in [-0.4, -0.2) is 36.9 Å². The number of hydrogen-bond donors (Lipinski definition) is 1. The number of aliphatic hydroxyl groups excluding tert-OH is 1. The lowest BCUT2D eigenvalue weighted by Gasteiger charge is -2.38. The number of esters is 2. The molecular formula is C40H50O6. The van der Waals surface area contributed by atoms with Gasteiger partial charge in [0, 0.05) is 42.0 Å². The summed E-state index contributed by atoms with van der Waals surface area (Å²) in [5.41, 5.74) is 4.01. The van der Waals surface area contributed by atoms with Gasteiger partial charge >= 0.3 is 11.9 Å². The van der Waals surface area contributed by atoms with E-state index >= 15 is 0 Å². The normalized spacial score (nSPS) is 17.8. The van der Waals surface area contributed by atoms with E-state index in [4.69, 9.17) is 19.0 Å². The van der Waals surface area contributed by atoms with Crippen LogP contribution in [0.5, 0.6) is 0 Å². The molecule has 2 aromatic carbocycles. The molecular weight excluding hydrogens is 576 g/mol. The number of aryl methyl sites for hydroxylation is 1. The number of furan rings is 1. The zero-order chi connectivity index (χ0) is 33.3. The van der Waals surface area contributed by atoms with E-state index in [1.807, 2.05) is 36.4 Å². The zero-order valence-corrected chi connectivity index (χ0v) is 28.4. The second kappa shape index (κ2) is 16.1. The maximum absolute atomic E-state index is 13.4. The van der Waals surface area contributed by atoms with Crippen molar-refractivity contribution in [1.82, 2.24) is 0 Å². The Morgan fingerprint density at radius 1 is 1.00 bits per heavy atom. The molecule has 6 heteroatoms. The maximum atomic E-state index is 13.4. The monoisotopic (exact) mass is 626 g/mol. The van der Waals surface area contributed by atoms with Crippen molar-refractivity contribution in [2.75, 3.05) is 13.7 Å². The summed E-state index contributed by atoms with van der Waals surface area (Å²) in [4.78, 5) is 25.9. The third kappa shape index (κ3) is 9.36. The molecule has 5 rings (SSSR count). The molecule has 1 aliphatic heterocycles. The average molecular weight is 627 g/mol. The Balaban J connectivity index is 0.00000235. The molecule has 3 aromatic rings. The summed E-state index contributed by atoms with van der Waals surface area (Å²) in [5.74, 6) is 8.54. The Morgan fingerprint density at radius 3 is 2.28 bits per heavy atom. The van der Waals surface area contributed by atoms with Crippen LogP contribution in [0.4, 0.5) is 0 Å². The molecule has 1 N–H and O–H groups in total. The number of hydrogen-bond acceptors (Lipinski definition) is 6. The van der Waals surface area contributed by atoms with Crippen molar-refractivity contribution in [3.05, 3.63) is 82.6 Å². The Bertz CT molecular complexity index is 1550. The van der Waals surface area contributed by atoms with Crippen molar-refractivity contribution < 1.29 is 28.6 Å². The molecule has 0 amide bonds. The van der Waals surface area contributed by atoms with Gasteiger partial charge in [-0.25, -0.2) is 4.79 Å². The molecule has 1 saturated heterocycles. The van der Waals surface area contributed by atoms with E-state index in [0.29, 0.717) is 36.2 Å². The van der Waals surface area contributed by atoms with Crippen LogP contribution in [0, 0.1) is 41.9 Å². The van der Waals surface area contributed by atoms with E-state index < -0.39 is 11.5 Å². The van der Waals surface area contributed by atoms with Gasteiger partial charge in [0.15, 0.2) is 0 Å². The first kappa shape index (κ1) is 35.0. The Morgan fingerprint density at radius 2 is 1.65 bits per heavy atom. The standard InChI is InChI=1S/C39H46O5.CH4O/c1-26(2)19-31(20-27(3)4)13-15-32-22-35(44-37(32)40)25-42-38(41)39(17-6-18-39)24-34-23-33-21-30(14-16-36(33)43-34)12-11-29-9-7-28(5)8-10-29;1-2/h7-10,14-16,21,23,26-27,31,35H,6,13,17-20,22,24-25H2,1-5H3;2H,1H3/b32-15+;. The number of fused-ring (bicyclic) bond motifs is 1. The Kier molecular flexibility index (Phi) is 12.3. The van der Waals surface area contributed by atoms with Gasteiger partial charge in [-0.1, -0.05) is 69.7 Å². The van der Waals surface area contributed by atoms with Crippen LogP contribution in [0.2, 0.25) is 0 Å². The summed E-state index contributed by atoms with van der Waals surface area (Å²) in [6.45, 7) is 11.1. The quantitative estimate of drug-likeness (QED) is 0.131. The topological polar surface area (TPSA) is 86.0 Å². The van der Waals surface area contributed by atoms with Crippen molar-refractivity contribution in [2.24, 2.45) is 23.2 Å². The fourth-order valence-electron chi connectivity index (χ4n) is 6.54. The third-order valence-corrected chi connectivity index (χ3v) is 8.92. The highest BCUT2D eigenvalue weighted by Crippen LogP contribution is 2.45. The minimum Gasteiger partial charge on any atom is -0.461 e. The van der Waals surface area contributed by atoms with Crippen molar-refractivity contribution in [3.63, 3.8) is 0 Å². The Hall–Kier alpha value is -3.82. The smallest absolute Gasteiger partial charge is 0.334 e. The van der Waals surface area contributed by atoms with Gasteiger partial charge in [-0.15, -0.1) is 0 Å². The number of benzene rings is 2. The molecule has 0 bridgehead atoms. The number of ether oxygens (including phenoxy) is 2. The van der Waals surface area contributed by atoms with Crippen molar-refractivity contribution in [3.8, 4) is 11.8 Å². The number of cyclic esters (lactones) is 1. The average Bonchev–Trinajstić information content (AvgIpc) is 3.58. The van der Waals surface area contributed by atoms with E-state index in [0.717, 1.165) is 73.5 Å². The lowest BCUT2D eigenvalue weighted by molar-refractivity contribution is -0.167. The molecule has 1 aromatic heterocycles. The third-order valence-electron chi connectivity index (χ3n) is 8.92. The van der Waals surface area contributed by atoms with Crippen LogP contribution in [-0.2, 0) is 25.5 Å². The fourth-order valence-corrected chi connectivity index (χ4v) is 6.54. The first-order valence-corrected chi connectivity index (χ1v) is 16.7. The van der Waals surface area contributed by atoms with Gasteiger partial charge < -0.3 is 19.0 Å². The second-order valence-corrected chi connectivity index (χ2v) is 13.8. The maximum Gasteiger partial charge on any atom is 0.334 e. The fraction of sp³-hybridized carbons (Fsp3) is 0.500. The van der Waals surface area contributed by atoms with Crippen LogP contribution in [0.1, 0.15) is 95.1 Å². The highest BCUT2D eigenvalue weighted by molar-refractivity contribution is 5.90. The minimum atomic E-state index is -0.593. The lowest BCUT2D eigenvalue weighted by atomic mass is 9.66. The van der Waals surface area contributed by atoms with E-state index in [2.05, 4.69) is 64.7 Å². The first-order chi connectivity index (χ1) is 22.1. The summed E-state index contributed by atoms with van der Waals surface area (Å²) in [6, 6.07) is 16.1. The second-order valence-electron chi connectivity index (χ2n) is 13.8. The minimum absolute atomic E-state index is 0.0915. The molecule has 1 aliphatic carbocycles. The molecule has 2 aliphatic rings. The van der Waals surface area contributed by atoms with Gasteiger partial charge in [-0.05, 0) is 93.2 Å². The van der Waals surface area contributed by atoms with Crippen molar-refractivity contribution in [1.29, 1.82) is 0 Å². The highest BCUT2D eigenvalue weighted by Gasteiger charge is 2.47. The summed E-state index contributed by atoms with van der Waals surface area (Å²) in [7, 11) is 1.00. The largest absolute Gasteiger partial charge is 0.461 e. The molecule has 46 heavy (non-hydrogen) atoms. The number of carbonyl (C=O) groups excluding carboxylic acids is 2. The summed E-state index contributed by atoms with van der Waals surface area (Å²) in [5, 5.41) is 7.97. The number of rotatable bonds is 11. The van der Waals surface area contributed by atoms with Gasteiger partial charge in [-0.3, -0.25) is 4.79 Å². The van der Waals surface area contributed by atoms with Gasteiger partial charge in [-0.2, -0.15) is 0 Å². The van der Waals surface area contributed by atoms with Crippen LogP contribution >= 0.6 is 0 Å². The van der Waals surface area contributed by atoms with Crippen molar-refractivity contribution in [2.45, 2.75) is 92.1 Å². The van der Waals surface area contributed by atoms with Gasteiger partial charge in [0.2, 0.25) is 0 Å². The van der Waals surface area contributed by atoms with Gasteiger partial charge in [0.1, 0.15) is 24.1 Å². The molecule has 2 fully saturated rings. The van der Waals surface area contributed by atoms with Crippen LogP contribution in [0.15, 0.2) is 64.6 Å². The lowest BCUT2D eigenvalue weighted by Crippen LogP contribution is -2.42. The van der Waals surface area contributed by atoms with E-state index in [-0.39, 0.29) is 18.5 Å². The van der Waals surface area contributed by atoms with E-state index in [1.54, 1.807) is 0 Å². The van der Waals surface area contributed by atoms with Crippen LogP contribution in [0.3, 0.4) is 0 Å². The van der Waals surface area contributed by atoms with E-state index in [1.165, 1.54) is 5.56 Å². The van der Waals surface area contributed by atoms with E-state index in [9.17, 15) is 9.59 Å². The van der Waals surface area contributed by atoms with Crippen LogP contribution in [0.25, 0.3) is 11.0 Å².